The Hall–Kier alpha value is -4.30. The van der Waals surface area contributed by atoms with Crippen LogP contribution in [0, 0.1) is 13.8 Å². The molecule has 0 radical (unpaired) electrons. The molecule has 3 aliphatic heterocycles. The Bertz CT molecular complexity index is 1850. The van der Waals surface area contributed by atoms with Gasteiger partial charge in [-0.3, -0.25) is 0 Å². The lowest BCUT2D eigenvalue weighted by Gasteiger charge is -2.45. The van der Waals surface area contributed by atoms with E-state index in [-0.39, 0.29) is 6.71 Å². The zero-order valence-electron chi connectivity index (χ0n) is 20.3. The number of anilines is 3. The molecule has 0 aromatic heterocycles. The molecule has 3 aliphatic rings. The molecule has 0 aliphatic carbocycles. The Balaban J connectivity index is 1.58. The molecule has 0 N–H and O–H groups in total. The minimum Gasteiger partial charge on any atom is -0.309 e. The summed E-state index contributed by atoms with van der Waals surface area (Å²) in [6.07, 6.45) is 0. The summed E-state index contributed by atoms with van der Waals surface area (Å²) < 4.78 is 0. The molecule has 0 saturated heterocycles. The monoisotopic (exact) mass is 455 g/mol. The summed E-state index contributed by atoms with van der Waals surface area (Å²) in [5, 5.41) is 5.41. The molecule has 2 heteroatoms. The molecule has 0 atom stereocenters. The molecule has 1 nitrogen and oxygen atoms in total. The second kappa shape index (κ2) is 6.28. The molecule has 0 amide bonds. The van der Waals surface area contributed by atoms with Crippen molar-refractivity contribution >= 4 is 61.7 Å². The van der Waals surface area contributed by atoms with Crippen LogP contribution in [0.15, 0.2) is 97.1 Å². The maximum Gasteiger partial charge on any atom is 0.247 e. The third kappa shape index (κ3) is 2.03. The van der Waals surface area contributed by atoms with E-state index in [9.17, 15) is 0 Å². The van der Waals surface area contributed by atoms with Crippen LogP contribution in [0.1, 0.15) is 11.1 Å². The standard InChI is InChI=1S/C34H22BN/c1-19-7-3-8-20(2)31(19)35-27-17-15-21-9-4-11-23-25-13-6-14-26-24-12-5-10-22-16-18-28(35)34(30(22)24)36(32(25)26)33(27)29(21)23/h3-18H,1-2H3. The lowest BCUT2D eigenvalue weighted by atomic mass is 9.33. The molecule has 0 saturated carbocycles. The van der Waals surface area contributed by atoms with Crippen LogP contribution < -0.4 is 21.3 Å². The van der Waals surface area contributed by atoms with Gasteiger partial charge in [-0.2, -0.15) is 0 Å². The quantitative estimate of drug-likeness (QED) is 0.244. The van der Waals surface area contributed by atoms with Gasteiger partial charge in [0, 0.05) is 33.3 Å². The van der Waals surface area contributed by atoms with Gasteiger partial charge in [-0.25, -0.2) is 0 Å². The van der Waals surface area contributed by atoms with Gasteiger partial charge in [-0.15, -0.1) is 0 Å². The topological polar surface area (TPSA) is 3.24 Å². The molecule has 6 aromatic carbocycles. The van der Waals surface area contributed by atoms with Gasteiger partial charge in [-0.1, -0.05) is 114 Å². The second-order valence-electron chi connectivity index (χ2n) is 10.6. The van der Waals surface area contributed by atoms with Gasteiger partial charge in [0.1, 0.15) is 0 Å². The number of fused-ring (bicyclic) bond motifs is 2. The van der Waals surface area contributed by atoms with Crippen LogP contribution >= 0.6 is 0 Å². The zero-order chi connectivity index (χ0) is 23.7. The zero-order valence-corrected chi connectivity index (χ0v) is 20.3. The number of para-hydroxylation sites is 1. The number of aryl methyl sites for hydroxylation is 2. The largest absolute Gasteiger partial charge is 0.309 e. The molecule has 3 heterocycles. The van der Waals surface area contributed by atoms with Crippen molar-refractivity contribution in [3.05, 3.63) is 108 Å². The summed E-state index contributed by atoms with van der Waals surface area (Å²) in [6.45, 7) is 4.75. The number of hydrogen-bond acceptors (Lipinski definition) is 1. The van der Waals surface area contributed by atoms with E-state index in [2.05, 4.69) is 116 Å². The van der Waals surface area contributed by atoms with E-state index < -0.39 is 0 Å². The van der Waals surface area contributed by atoms with Crippen LogP contribution in [-0.2, 0) is 0 Å². The van der Waals surface area contributed by atoms with Gasteiger partial charge in [0.25, 0.3) is 0 Å². The molecule has 0 spiro atoms. The fourth-order valence-corrected chi connectivity index (χ4v) is 7.46. The maximum atomic E-state index is 2.63. The predicted octanol–water partition coefficient (Wildman–Crippen LogP) is 6.87. The minimum absolute atomic E-state index is 0.203. The molecule has 6 aromatic rings. The van der Waals surface area contributed by atoms with E-state index in [0.29, 0.717) is 0 Å². The van der Waals surface area contributed by atoms with E-state index >= 15 is 0 Å². The van der Waals surface area contributed by atoms with Crippen molar-refractivity contribution in [2.45, 2.75) is 13.8 Å². The van der Waals surface area contributed by atoms with Crippen molar-refractivity contribution in [3.63, 3.8) is 0 Å². The molecule has 9 rings (SSSR count). The predicted molar refractivity (Wildman–Crippen MR) is 155 cm³/mol. The number of benzene rings is 6. The van der Waals surface area contributed by atoms with Crippen LogP contribution in [0.2, 0.25) is 0 Å². The average Bonchev–Trinajstić information content (AvgIpc) is 2.91. The first-order chi connectivity index (χ1) is 17.7. The fourth-order valence-electron chi connectivity index (χ4n) is 7.46. The summed E-state index contributed by atoms with van der Waals surface area (Å²) in [6, 6.07) is 36.7. The van der Waals surface area contributed by atoms with Gasteiger partial charge in [0.15, 0.2) is 0 Å². The first kappa shape index (κ1) is 19.0. The van der Waals surface area contributed by atoms with Crippen LogP contribution in [-0.4, -0.2) is 6.71 Å². The molecule has 36 heavy (non-hydrogen) atoms. The summed E-state index contributed by atoms with van der Waals surface area (Å²) in [4.78, 5) is 2.63. The second-order valence-corrected chi connectivity index (χ2v) is 10.6. The van der Waals surface area contributed by atoms with E-state index in [4.69, 9.17) is 0 Å². The molecule has 0 unspecified atom stereocenters. The number of rotatable bonds is 1. The number of nitrogens with zero attached hydrogens (tertiary/aromatic N) is 1. The van der Waals surface area contributed by atoms with Crippen LogP contribution in [0.4, 0.5) is 17.1 Å². The molecule has 0 bridgehead atoms. The van der Waals surface area contributed by atoms with E-state index in [1.807, 2.05) is 0 Å². The highest BCUT2D eigenvalue weighted by molar-refractivity contribution is 6.99. The van der Waals surface area contributed by atoms with Crippen LogP contribution in [0.3, 0.4) is 0 Å². The average molecular weight is 455 g/mol. The smallest absolute Gasteiger partial charge is 0.247 e. The maximum absolute atomic E-state index is 2.63. The molecular weight excluding hydrogens is 433 g/mol. The lowest BCUT2D eigenvalue weighted by molar-refractivity contribution is 1.29. The highest BCUT2D eigenvalue weighted by Crippen LogP contribution is 2.59. The summed E-state index contributed by atoms with van der Waals surface area (Å²) in [5.74, 6) is 0. The van der Waals surface area contributed by atoms with Crippen molar-refractivity contribution in [3.8, 4) is 22.3 Å². The Kier molecular flexibility index (Phi) is 3.31. The van der Waals surface area contributed by atoms with Crippen LogP contribution in [0.5, 0.6) is 0 Å². The van der Waals surface area contributed by atoms with Crippen molar-refractivity contribution in [2.75, 3.05) is 4.90 Å². The van der Waals surface area contributed by atoms with Gasteiger partial charge in [0.2, 0.25) is 6.71 Å². The normalized spacial score (nSPS) is 13.7. The molecule has 0 fully saturated rings. The Morgan fingerprint density at radius 2 is 0.944 bits per heavy atom. The highest BCUT2D eigenvalue weighted by Gasteiger charge is 2.43. The summed E-state index contributed by atoms with van der Waals surface area (Å²) in [7, 11) is 0. The summed E-state index contributed by atoms with van der Waals surface area (Å²) >= 11 is 0. The van der Waals surface area contributed by atoms with Crippen molar-refractivity contribution in [1.29, 1.82) is 0 Å². The Labute approximate surface area is 210 Å². The third-order valence-corrected chi connectivity index (χ3v) is 8.84. The first-order valence-corrected chi connectivity index (χ1v) is 12.8. The minimum atomic E-state index is 0.203. The summed E-state index contributed by atoms with van der Waals surface area (Å²) in [5.41, 5.74) is 16.5. The Morgan fingerprint density at radius 1 is 0.472 bits per heavy atom. The van der Waals surface area contributed by atoms with Crippen LogP contribution in [0.25, 0.3) is 43.8 Å². The highest BCUT2D eigenvalue weighted by atomic mass is 15.2. The van der Waals surface area contributed by atoms with Gasteiger partial charge < -0.3 is 4.90 Å². The van der Waals surface area contributed by atoms with Gasteiger partial charge in [-0.05, 0) is 46.7 Å². The van der Waals surface area contributed by atoms with Crippen molar-refractivity contribution in [2.24, 2.45) is 0 Å². The number of hydrogen-bond donors (Lipinski definition) is 0. The van der Waals surface area contributed by atoms with Crippen molar-refractivity contribution in [1.82, 2.24) is 0 Å². The van der Waals surface area contributed by atoms with E-state index in [0.717, 1.165) is 0 Å². The molecular formula is C34H22BN. The van der Waals surface area contributed by atoms with E-state index in [1.165, 1.54) is 88.4 Å². The molecule has 166 valence electrons. The SMILES string of the molecule is Cc1cccc(C)c1B1c2ccc3cccc4c3c2N2c3c-4cccc3-c3cccc4ccc1c2c34. The third-order valence-electron chi connectivity index (χ3n) is 8.84. The Morgan fingerprint density at radius 3 is 1.50 bits per heavy atom. The van der Waals surface area contributed by atoms with E-state index in [1.54, 1.807) is 0 Å². The lowest BCUT2D eigenvalue weighted by Crippen LogP contribution is -2.59. The fraction of sp³-hybridized carbons (Fsp3) is 0.0588. The van der Waals surface area contributed by atoms with Crippen molar-refractivity contribution < 1.29 is 0 Å². The van der Waals surface area contributed by atoms with Gasteiger partial charge in [0.05, 0.1) is 5.69 Å². The van der Waals surface area contributed by atoms with Gasteiger partial charge >= 0.3 is 0 Å². The first-order valence-electron chi connectivity index (χ1n) is 12.8.